The molecule has 4 rings (SSSR count). The highest BCUT2D eigenvalue weighted by atomic mass is 19.1. The second kappa shape index (κ2) is 7.22. The van der Waals surface area contributed by atoms with Crippen LogP contribution in [0.4, 0.5) is 4.39 Å². The van der Waals surface area contributed by atoms with Crippen molar-refractivity contribution < 1.29 is 13.7 Å². The molecule has 8 heteroatoms. The number of nitrogens with zero attached hydrogens (tertiary/aromatic N) is 5. The van der Waals surface area contributed by atoms with Crippen molar-refractivity contribution in [1.82, 2.24) is 25.0 Å². The van der Waals surface area contributed by atoms with Gasteiger partial charge in [-0.25, -0.2) is 9.37 Å². The van der Waals surface area contributed by atoms with Crippen LogP contribution < -0.4 is 0 Å². The van der Waals surface area contributed by atoms with Crippen molar-refractivity contribution in [2.45, 2.75) is 25.7 Å². The van der Waals surface area contributed by atoms with Crippen LogP contribution in [0.15, 0.2) is 41.2 Å². The molecule has 3 heterocycles. The van der Waals surface area contributed by atoms with Crippen LogP contribution in [0, 0.1) is 12.7 Å². The van der Waals surface area contributed by atoms with E-state index in [1.165, 1.54) is 12.1 Å². The van der Waals surface area contributed by atoms with Gasteiger partial charge in [-0.1, -0.05) is 17.3 Å². The molecular formula is C19H18FN5O2. The van der Waals surface area contributed by atoms with Crippen LogP contribution in [0.25, 0.3) is 11.6 Å². The predicted octanol–water partition coefficient (Wildman–Crippen LogP) is 2.99. The van der Waals surface area contributed by atoms with E-state index in [1.807, 2.05) is 6.92 Å². The minimum absolute atomic E-state index is 0.0645. The van der Waals surface area contributed by atoms with Crippen molar-refractivity contribution in [3.05, 3.63) is 59.6 Å². The number of piperidine rings is 1. The lowest BCUT2D eigenvalue weighted by Gasteiger charge is -2.31. The molecule has 0 aliphatic carbocycles. The van der Waals surface area contributed by atoms with E-state index in [-0.39, 0.29) is 17.4 Å². The van der Waals surface area contributed by atoms with Gasteiger partial charge in [0, 0.05) is 25.2 Å². The fourth-order valence-electron chi connectivity index (χ4n) is 3.19. The second-order valence-corrected chi connectivity index (χ2v) is 6.57. The molecule has 0 unspecified atom stereocenters. The number of hydrogen-bond acceptors (Lipinski definition) is 6. The largest absolute Gasteiger partial charge is 0.338 e. The molecule has 1 amide bonds. The molecule has 0 bridgehead atoms. The summed E-state index contributed by atoms with van der Waals surface area (Å²) in [5.41, 5.74) is 1.39. The van der Waals surface area contributed by atoms with E-state index >= 15 is 0 Å². The number of likely N-dealkylation sites (tertiary alicyclic amines) is 1. The molecule has 0 N–H and O–H groups in total. The van der Waals surface area contributed by atoms with E-state index in [1.54, 1.807) is 29.4 Å². The fourth-order valence-corrected chi connectivity index (χ4v) is 3.19. The third-order valence-electron chi connectivity index (χ3n) is 4.62. The van der Waals surface area contributed by atoms with Gasteiger partial charge in [0.15, 0.2) is 5.82 Å². The summed E-state index contributed by atoms with van der Waals surface area (Å²) >= 11 is 0. The van der Waals surface area contributed by atoms with Crippen LogP contribution >= 0.6 is 0 Å². The van der Waals surface area contributed by atoms with Crippen molar-refractivity contribution in [3.63, 3.8) is 0 Å². The topological polar surface area (TPSA) is 85.0 Å². The van der Waals surface area contributed by atoms with Gasteiger partial charge < -0.3 is 9.42 Å². The van der Waals surface area contributed by atoms with Gasteiger partial charge in [-0.05, 0) is 31.9 Å². The molecule has 2 aromatic heterocycles. The third kappa shape index (κ3) is 3.55. The van der Waals surface area contributed by atoms with Crippen molar-refractivity contribution in [2.75, 3.05) is 13.1 Å². The van der Waals surface area contributed by atoms with E-state index in [0.29, 0.717) is 30.5 Å². The van der Waals surface area contributed by atoms with Gasteiger partial charge in [-0.2, -0.15) is 4.98 Å². The Hall–Kier alpha value is -3.16. The summed E-state index contributed by atoms with van der Waals surface area (Å²) in [4.78, 5) is 27.1. The highest BCUT2D eigenvalue weighted by Crippen LogP contribution is 2.27. The maximum atomic E-state index is 13.9. The molecule has 138 valence electrons. The molecule has 1 aromatic carbocycles. The van der Waals surface area contributed by atoms with Gasteiger partial charge in [0.05, 0.1) is 17.5 Å². The zero-order chi connectivity index (χ0) is 18.8. The predicted molar refractivity (Wildman–Crippen MR) is 94.3 cm³/mol. The molecule has 1 fully saturated rings. The summed E-state index contributed by atoms with van der Waals surface area (Å²) in [6.45, 7) is 2.85. The van der Waals surface area contributed by atoms with Crippen LogP contribution in [-0.4, -0.2) is 44.0 Å². The molecular weight excluding hydrogens is 349 g/mol. The molecule has 0 radical (unpaired) electrons. The lowest BCUT2D eigenvalue weighted by atomic mass is 9.96. The van der Waals surface area contributed by atoms with Gasteiger partial charge in [-0.3, -0.25) is 9.78 Å². The average molecular weight is 367 g/mol. The van der Waals surface area contributed by atoms with Gasteiger partial charge in [0.25, 0.3) is 11.8 Å². The standard InChI is InChI=1S/C19H18FN5O2/c1-12-9-22-16(10-21-12)18-23-17(24-27-18)13-5-4-8-25(11-13)19(26)14-6-2-3-7-15(14)20/h2-3,6-7,9-10,13H,4-5,8,11H2,1H3/t13-/m1/s1. The molecule has 7 nitrogen and oxygen atoms in total. The summed E-state index contributed by atoms with van der Waals surface area (Å²) in [7, 11) is 0. The molecule has 0 spiro atoms. The maximum Gasteiger partial charge on any atom is 0.278 e. The first kappa shape index (κ1) is 17.3. The number of halogens is 1. The number of rotatable bonds is 3. The van der Waals surface area contributed by atoms with Crippen molar-refractivity contribution >= 4 is 5.91 Å². The minimum atomic E-state index is -0.510. The first-order valence-corrected chi connectivity index (χ1v) is 8.78. The van der Waals surface area contributed by atoms with E-state index in [9.17, 15) is 9.18 Å². The monoisotopic (exact) mass is 367 g/mol. The quantitative estimate of drug-likeness (QED) is 0.707. The Morgan fingerprint density at radius 2 is 2.11 bits per heavy atom. The first-order chi connectivity index (χ1) is 13.1. The molecule has 1 atom stereocenters. The molecule has 3 aromatic rings. The number of hydrogen-bond donors (Lipinski definition) is 0. The van der Waals surface area contributed by atoms with E-state index in [2.05, 4.69) is 20.1 Å². The van der Waals surface area contributed by atoms with Crippen LogP contribution in [0.3, 0.4) is 0 Å². The van der Waals surface area contributed by atoms with Crippen LogP contribution in [0.1, 0.15) is 40.6 Å². The Morgan fingerprint density at radius 3 is 2.89 bits per heavy atom. The first-order valence-electron chi connectivity index (χ1n) is 8.78. The molecule has 1 aliphatic rings. The highest BCUT2D eigenvalue weighted by molar-refractivity contribution is 5.94. The summed E-state index contributed by atoms with van der Waals surface area (Å²) in [5, 5.41) is 4.06. The fraction of sp³-hybridized carbons (Fsp3) is 0.316. The van der Waals surface area contributed by atoms with Gasteiger partial charge in [-0.15, -0.1) is 0 Å². The van der Waals surface area contributed by atoms with E-state index < -0.39 is 5.82 Å². The Bertz CT molecular complexity index is 957. The molecule has 1 saturated heterocycles. The van der Waals surface area contributed by atoms with Gasteiger partial charge >= 0.3 is 0 Å². The summed E-state index contributed by atoms with van der Waals surface area (Å²) < 4.78 is 19.3. The smallest absolute Gasteiger partial charge is 0.278 e. The average Bonchev–Trinajstić information content (AvgIpc) is 3.19. The number of benzene rings is 1. The zero-order valence-corrected chi connectivity index (χ0v) is 14.8. The SMILES string of the molecule is Cc1cnc(-c2nc([C@@H]3CCCN(C(=O)c4ccccc4F)C3)no2)cn1. The Labute approximate surface area is 155 Å². The lowest BCUT2D eigenvalue weighted by Crippen LogP contribution is -2.39. The molecule has 1 aliphatic heterocycles. The zero-order valence-electron chi connectivity index (χ0n) is 14.8. The third-order valence-corrected chi connectivity index (χ3v) is 4.62. The summed E-state index contributed by atoms with van der Waals surface area (Å²) in [6.07, 6.45) is 4.84. The van der Waals surface area contributed by atoms with Gasteiger partial charge in [0.2, 0.25) is 0 Å². The number of aryl methyl sites for hydroxylation is 1. The lowest BCUT2D eigenvalue weighted by molar-refractivity contribution is 0.0699. The maximum absolute atomic E-state index is 13.9. The number of aromatic nitrogens is 4. The Balaban J connectivity index is 1.51. The number of carbonyl (C=O) groups excluding carboxylic acids is 1. The normalized spacial score (nSPS) is 17.1. The highest BCUT2D eigenvalue weighted by Gasteiger charge is 2.29. The Kier molecular flexibility index (Phi) is 4.62. The molecule has 0 saturated carbocycles. The molecule has 27 heavy (non-hydrogen) atoms. The van der Waals surface area contributed by atoms with E-state index in [4.69, 9.17) is 4.52 Å². The number of amides is 1. The van der Waals surface area contributed by atoms with Crippen LogP contribution in [0.5, 0.6) is 0 Å². The second-order valence-electron chi connectivity index (χ2n) is 6.57. The number of carbonyl (C=O) groups is 1. The Morgan fingerprint density at radius 1 is 1.26 bits per heavy atom. The minimum Gasteiger partial charge on any atom is -0.338 e. The van der Waals surface area contributed by atoms with E-state index in [0.717, 1.165) is 18.5 Å². The summed E-state index contributed by atoms with van der Waals surface area (Å²) in [5.74, 6) is -0.0609. The van der Waals surface area contributed by atoms with Crippen molar-refractivity contribution in [3.8, 4) is 11.6 Å². The van der Waals surface area contributed by atoms with Crippen LogP contribution in [-0.2, 0) is 0 Å². The summed E-state index contributed by atoms with van der Waals surface area (Å²) in [6, 6.07) is 6.03. The van der Waals surface area contributed by atoms with Gasteiger partial charge in [0.1, 0.15) is 11.5 Å². The van der Waals surface area contributed by atoms with Crippen molar-refractivity contribution in [2.24, 2.45) is 0 Å². The van der Waals surface area contributed by atoms with Crippen molar-refractivity contribution in [1.29, 1.82) is 0 Å². The van der Waals surface area contributed by atoms with Crippen LogP contribution in [0.2, 0.25) is 0 Å².